The highest BCUT2D eigenvalue weighted by Crippen LogP contribution is 2.42. The molecule has 1 amide bonds. The fourth-order valence-corrected chi connectivity index (χ4v) is 4.29. The van der Waals surface area contributed by atoms with Crippen molar-refractivity contribution in [3.05, 3.63) is 63.7 Å². The lowest BCUT2D eigenvalue weighted by Gasteiger charge is -2.16. The lowest BCUT2D eigenvalue weighted by molar-refractivity contribution is -0.274. The molecule has 0 aliphatic carbocycles. The Balaban J connectivity index is 2.08. The first-order chi connectivity index (χ1) is 15.4. The van der Waals surface area contributed by atoms with Gasteiger partial charge >= 0.3 is 12.3 Å². The number of H-pyrrole nitrogens is 2. The fourth-order valence-electron chi connectivity index (χ4n) is 4.03. The van der Waals surface area contributed by atoms with Crippen molar-refractivity contribution in [1.82, 2.24) is 9.97 Å². The van der Waals surface area contributed by atoms with Gasteiger partial charge in [0.15, 0.2) is 0 Å². The number of nitrogens with one attached hydrogen (secondary N) is 2. The number of nitrogens with two attached hydrogens (primary N) is 1. The number of ether oxygens (including phenoxy) is 1. The Morgan fingerprint density at radius 1 is 1.15 bits per heavy atom. The predicted octanol–water partition coefficient (Wildman–Crippen LogP) is 4.96. The van der Waals surface area contributed by atoms with Gasteiger partial charge in [-0.25, -0.2) is 9.18 Å². The van der Waals surface area contributed by atoms with Crippen LogP contribution in [0.15, 0.2) is 30.3 Å². The molecule has 4 aromatic rings. The van der Waals surface area contributed by atoms with Crippen molar-refractivity contribution in [1.29, 1.82) is 0 Å². The fraction of sp³-hybridized carbons (Fsp3) is 0.143. The number of aryl methyl sites for hydroxylation is 1. The summed E-state index contributed by atoms with van der Waals surface area (Å²) in [5.74, 6) is -5.32. The van der Waals surface area contributed by atoms with E-state index in [1.165, 1.54) is 19.1 Å². The molecule has 0 fully saturated rings. The minimum atomic E-state index is -5.00. The first-order valence-electron chi connectivity index (χ1n) is 9.29. The summed E-state index contributed by atoms with van der Waals surface area (Å²) in [5, 5.41) is 9.87. The van der Waals surface area contributed by atoms with Crippen molar-refractivity contribution >= 4 is 45.3 Å². The average molecular weight is 484 g/mol. The summed E-state index contributed by atoms with van der Waals surface area (Å²) < 4.78 is 56.6. The van der Waals surface area contributed by atoms with E-state index < -0.39 is 41.4 Å². The van der Waals surface area contributed by atoms with Gasteiger partial charge in [-0.2, -0.15) is 0 Å². The third kappa shape index (κ3) is 3.84. The van der Waals surface area contributed by atoms with Crippen LogP contribution in [0.3, 0.4) is 0 Å². The van der Waals surface area contributed by atoms with E-state index in [4.69, 9.17) is 17.3 Å². The largest absolute Gasteiger partial charge is 0.573 e. The van der Waals surface area contributed by atoms with Crippen LogP contribution in [0.2, 0.25) is 5.02 Å². The number of benzene rings is 2. The predicted molar refractivity (Wildman–Crippen MR) is 111 cm³/mol. The molecule has 0 spiro atoms. The molecule has 2 heterocycles. The van der Waals surface area contributed by atoms with Crippen LogP contribution in [0, 0.1) is 12.7 Å². The minimum absolute atomic E-state index is 0.0286. The molecule has 1 unspecified atom stereocenters. The van der Waals surface area contributed by atoms with E-state index in [1.807, 2.05) is 0 Å². The van der Waals surface area contributed by atoms with Crippen molar-refractivity contribution in [2.45, 2.75) is 19.2 Å². The summed E-state index contributed by atoms with van der Waals surface area (Å²) in [5.41, 5.74) is 5.45. The molecule has 0 saturated carbocycles. The summed E-state index contributed by atoms with van der Waals surface area (Å²) in [6, 6.07) is 5.49. The maximum absolute atomic E-state index is 14.4. The Bertz CT molecular complexity index is 1440. The third-order valence-corrected chi connectivity index (χ3v) is 5.52. The van der Waals surface area contributed by atoms with E-state index >= 15 is 0 Å². The second-order valence-electron chi connectivity index (χ2n) is 7.25. The Morgan fingerprint density at radius 3 is 2.45 bits per heavy atom. The summed E-state index contributed by atoms with van der Waals surface area (Å²) in [6.45, 7) is 1.51. The van der Waals surface area contributed by atoms with Gasteiger partial charge in [-0.1, -0.05) is 11.6 Å². The molecule has 2 aromatic heterocycles. The van der Waals surface area contributed by atoms with E-state index in [2.05, 4.69) is 14.7 Å². The molecule has 0 bridgehead atoms. The molecule has 5 N–H and O–H groups in total. The van der Waals surface area contributed by atoms with Gasteiger partial charge in [-0.05, 0) is 42.8 Å². The van der Waals surface area contributed by atoms with E-state index in [0.29, 0.717) is 0 Å². The number of aromatic carboxylic acids is 1. The van der Waals surface area contributed by atoms with Gasteiger partial charge < -0.3 is 25.5 Å². The molecule has 2 aromatic carbocycles. The Hall–Kier alpha value is -3.73. The lowest BCUT2D eigenvalue weighted by Crippen LogP contribution is -2.24. The average Bonchev–Trinajstić information content (AvgIpc) is 3.23. The summed E-state index contributed by atoms with van der Waals surface area (Å²) >= 11 is 6.27. The summed E-state index contributed by atoms with van der Waals surface area (Å²) in [6.07, 6.45) is -5.00. The normalized spacial score (nSPS) is 12.9. The van der Waals surface area contributed by atoms with Gasteiger partial charge in [0.25, 0.3) is 0 Å². The molecule has 0 saturated heterocycles. The number of carboxylic acid groups (broad SMARTS) is 1. The number of carboxylic acids is 1. The van der Waals surface area contributed by atoms with E-state index in [9.17, 15) is 32.3 Å². The standard InChI is InChI=1S/C21H14ClF4N3O4/c1-7-13(15-10(22)3-4-11(23)17(15)28-7)16(19(27)30)14-9-6-8(33-21(24,25)26)2-5-12(9)29-18(14)20(31)32/h2-6,16,28-29H,1H3,(H2,27,30)(H,31,32). The Kier molecular flexibility index (Phi) is 5.24. The van der Waals surface area contributed by atoms with Crippen molar-refractivity contribution in [3.63, 3.8) is 0 Å². The van der Waals surface area contributed by atoms with Gasteiger partial charge in [0, 0.05) is 27.5 Å². The number of rotatable bonds is 5. The highest BCUT2D eigenvalue weighted by molar-refractivity contribution is 6.36. The minimum Gasteiger partial charge on any atom is -0.477 e. The summed E-state index contributed by atoms with van der Waals surface area (Å²) in [4.78, 5) is 30.0. The van der Waals surface area contributed by atoms with Crippen LogP contribution < -0.4 is 10.5 Å². The number of amides is 1. The Morgan fingerprint density at radius 2 is 1.85 bits per heavy atom. The number of aromatic amines is 2. The monoisotopic (exact) mass is 483 g/mol. The van der Waals surface area contributed by atoms with E-state index in [1.54, 1.807) is 0 Å². The summed E-state index contributed by atoms with van der Waals surface area (Å²) in [7, 11) is 0. The Labute approximate surface area is 187 Å². The SMILES string of the molecule is Cc1[nH]c2c(F)ccc(Cl)c2c1C(C(N)=O)c1c(C(=O)O)[nH]c2ccc(OC(F)(F)F)cc12. The highest BCUT2D eigenvalue weighted by Gasteiger charge is 2.35. The zero-order valence-corrected chi connectivity index (χ0v) is 17.4. The number of primary amides is 1. The van der Waals surface area contributed by atoms with Crippen LogP contribution in [-0.4, -0.2) is 33.3 Å². The first kappa shape index (κ1) is 22.5. The van der Waals surface area contributed by atoms with Crippen LogP contribution in [0.1, 0.15) is 33.2 Å². The molecule has 4 rings (SSSR count). The van der Waals surface area contributed by atoms with E-state index in [0.717, 1.165) is 18.2 Å². The third-order valence-electron chi connectivity index (χ3n) is 5.21. The molecule has 0 aliphatic heterocycles. The lowest BCUT2D eigenvalue weighted by atomic mass is 9.86. The molecule has 0 aliphatic rings. The van der Waals surface area contributed by atoms with Gasteiger partial charge in [0.2, 0.25) is 5.91 Å². The number of alkyl halides is 3. The maximum Gasteiger partial charge on any atom is 0.573 e. The zero-order chi connectivity index (χ0) is 24.2. The number of fused-ring (bicyclic) bond motifs is 2. The number of hydrogen-bond donors (Lipinski definition) is 4. The molecular weight excluding hydrogens is 470 g/mol. The van der Waals surface area contributed by atoms with Crippen LogP contribution in [-0.2, 0) is 4.79 Å². The molecule has 172 valence electrons. The van der Waals surface area contributed by atoms with Gasteiger partial charge in [0.05, 0.1) is 16.5 Å². The van der Waals surface area contributed by atoms with Crippen LogP contribution in [0.5, 0.6) is 5.75 Å². The number of hydrogen-bond acceptors (Lipinski definition) is 3. The number of carbonyl (C=O) groups excluding carboxylic acids is 1. The second kappa shape index (κ2) is 7.69. The molecule has 7 nitrogen and oxygen atoms in total. The van der Waals surface area contributed by atoms with Gasteiger partial charge in [-0.15, -0.1) is 13.2 Å². The van der Waals surface area contributed by atoms with Gasteiger partial charge in [-0.3, -0.25) is 4.79 Å². The second-order valence-corrected chi connectivity index (χ2v) is 7.66. The van der Waals surface area contributed by atoms with Crippen LogP contribution in [0.4, 0.5) is 17.6 Å². The van der Waals surface area contributed by atoms with Crippen molar-refractivity contribution in [2.24, 2.45) is 5.73 Å². The van der Waals surface area contributed by atoms with E-state index in [-0.39, 0.29) is 43.6 Å². The van der Waals surface area contributed by atoms with Crippen molar-refractivity contribution in [2.75, 3.05) is 0 Å². The molecule has 1 atom stereocenters. The maximum atomic E-state index is 14.4. The molecule has 33 heavy (non-hydrogen) atoms. The topological polar surface area (TPSA) is 121 Å². The molecule has 0 radical (unpaired) electrons. The van der Waals surface area contributed by atoms with Crippen LogP contribution >= 0.6 is 11.6 Å². The number of halogens is 5. The smallest absolute Gasteiger partial charge is 0.477 e. The zero-order valence-electron chi connectivity index (χ0n) is 16.6. The number of carbonyl (C=O) groups is 2. The van der Waals surface area contributed by atoms with Gasteiger partial charge in [0.1, 0.15) is 17.3 Å². The molecule has 12 heteroatoms. The number of aromatic nitrogens is 2. The quantitative estimate of drug-likeness (QED) is 0.300. The highest BCUT2D eigenvalue weighted by atomic mass is 35.5. The first-order valence-corrected chi connectivity index (χ1v) is 9.67. The van der Waals surface area contributed by atoms with Crippen molar-refractivity contribution < 1.29 is 37.0 Å². The van der Waals surface area contributed by atoms with Crippen molar-refractivity contribution in [3.8, 4) is 5.75 Å². The van der Waals surface area contributed by atoms with Crippen LogP contribution in [0.25, 0.3) is 21.8 Å². The molecular formula is C21H14ClF4N3O4.